The van der Waals surface area contributed by atoms with Crippen LogP contribution in [0.5, 0.6) is 0 Å². The highest BCUT2D eigenvalue weighted by molar-refractivity contribution is 5.93. The smallest absolute Gasteiger partial charge is 0.430 e. The maximum Gasteiger partial charge on any atom is 0.543 e. The number of rotatable bonds is 9. The quantitative estimate of drug-likeness (QED) is 0.280. The SMILES string of the molecule is CCCCOCCOC(=O)OOOC(=O)c1c(C)c(C)c(C)c(C)c1C. The second kappa shape index (κ2) is 10.8. The second-order valence-electron chi connectivity index (χ2n) is 6.09. The van der Waals surface area contributed by atoms with E-state index < -0.39 is 12.1 Å². The van der Waals surface area contributed by atoms with E-state index in [-0.39, 0.29) is 13.2 Å². The largest absolute Gasteiger partial charge is 0.543 e. The third kappa shape index (κ3) is 6.00. The van der Waals surface area contributed by atoms with Crippen LogP contribution in [0.25, 0.3) is 0 Å². The molecule has 0 aliphatic rings. The van der Waals surface area contributed by atoms with Crippen molar-refractivity contribution in [1.82, 2.24) is 0 Å². The molecule has 0 fully saturated rings. The molecule has 0 saturated carbocycles. The van der Waals surface area contributed by atoms with Crippen LogP contribution in [0.3, 0.4) is 0 Å². The first-order chi connectivity index (χ1) is 12.3. The van der Waals surface area contributed by atoms with Gasteiger partial charge in [0.15, 0.2) is 0 Å². The molecule has 0 aromatic heterocycles. The molecule has 0 spiro atoms. The lowest BCUT2D eigenvalue weighted by atomic mass is 9.90. The molecule has 0 N–H and O–H groups in total. The van der Waals surface area contributed by atoms with Crippen LogP contribution >= 0.6 is 0 Å². The average molecular weight is 368 g/mol. The van der Waals surface area contributed by atoms with Gasteiger partial charge in [-0.15, -0.1) is 0 Å². The van der Waals surface area contributed by atoms with Crippen LogP contribution < -0.4 is 0 Å². The summed E-state index contributed by atoms with van der Waals surface area (Å²) in [5, 5.41) is 4.26. The van der Waals surface area contributed by atoms with Gasteiger partial charge in [0.2, 0.25) is 0 Å². The summed E-state index contributed by atoms with van der Waals surface area (Å²) < 4.78 is 9.93. The molecular formula is C19H28O7. The van der Waals surface area contributed by atoms with E-state index in [4.69, 9.17) is 9.47 Å². The van der Waals surface area contributed by atoms with Crippen LogP contribution in [0, 0.1) is 34.6 Å². The molecule has 1 rings (SSSR count). The third-order valence-electron chi connectivity index (χ3n) is 4.51. The van der Waals surface area contributed by atoms with Crippen molar-refractivity contribution in [2.45, 2.75) is 54.4 Å². The zero-order valence-corrected chi connectivity index (χ0v) is 16.4. The summed E-state index contributed by atoms with van der Waals surface area (Å²) >= 11 is 0. The number of ether oxygens (including phenoxy) is 2. The molecule has 146 valence electrons. The number of unbranched alkanes of at least 4 members (excludes halogenated alkanes) is 1. The van der Waals surface area contributed by atoms with E-state index in [1.165, 1.54) is 0 Å². The topological polar surface area (TPSA) is 80.3 Å². The minimum Gasteiger partial charge on any atom is -0.430 e. The van der Waals surface area contributed by atoms with E-state index in [1.54, 1.807) is 0 Å². The fourth-order valence-corrected chi connectivity index (χ4v) is 2.48. The summed E-state index contributed by atoms with van der Waals surface area (Å²) in [6.07, 6.45) is 0.864. The van der Waals surface area contributed by atoms with Crippen LogP contribution in [0.15, 0.2) is 0 Å². The Labute approximate surface area is 154 Å². The van der Waals surface area contributed by atoms with Crippen LogP contribution in [0.2, 0.25) is 0 Å². The molecule has 0 bridgehead atoms. The minimum absolute atomic E-state index is 0.0222. The molecule has 0 atom stereocenters. The maximum atomic E-state index is 12.2. The number of carbonyl (C=O) groups is 2. The molecule has 7 nitrogen and oxygen atoms in total. The van der Waals surface area contributed by atoms with E-state index in [0.29, 0.717) is 12.2 Å². The number of hydrogen-bond donors (Lipinski definition) is 0. The van der Waals surface area contributed by atoms with Crippen molar-refractivity contribution in [3.05, 3.63) is 33.4 Å². The molecular weight excluding hydrogens is 340 g/mol. The van der Waals surface area contributed by atoms with Gasteiger partial charge in [0.25, 0.3) is 0 Å². The Balaban J connectivity index is 2.45. The third-order valence-corrected chi connectivity index (χ3v) is 4.51. The van der Waals surface area contributed by atoms with Crippen LogP contribution in [-0.2, 0) is 24.3 Å². The van der Waals surface area contributed by atoms with Gasteiger partial charge in [0.1, 0.15) is 6.61 Å². The fourth-order valence-electron chi connectivity index (χ4n) is 2.48. The van der Waals surface area contributed by atoms with Gasteiger partial charge in [-0.1, -0.05) is 13.3 Å². The van der Waals surface area contributed by atoms with Gasteiger partial charge in [-0.25, -0.2) is 14.5 Å². The Morgan fingerprint density at radius 3 is 1.92 bits per heavy atom. The van der Waals surface area contributed by atoms with Gasteiger partial charge >= 0.3 is 12.1 Å². The molecule has 26 heavy (non-hydrogen) atoms. The van der Waals surface area contributed by atoms with Crippen LogP contribution in [0.1, 0.15) is 57.9 Å². The predicted octanol–water partition coefficient (Wildman–Crippen LogP) is 4.20. The van der Waals surface area contributed by atoms with E-state index in [9.17, 15) is 9.59 Å². The number of hydrogen-bond acceptors (Lipinski definition) is 7. The van der Waals surface area contributed by atoms with E-state index >= 15 is 0 Å². The lowest BCUT2D eigenvalue weighted by Crippen LogP contribution is -2.16. The zero-order valence-electron chi connectivity index (χ0n) is 16.4. The van der Waals surface area contributed by atoms with Gasteiger partial charge in [-0.3, -0.25) is 4.89 Å². The molecule has 7 heteroatoms. The number of carbonyl (C=O) groups excluding carboxylic acids is 2. The monoisotopic (exact) mass is 368 g/mol. The Morgan fingerprint density at radius 2 is 1.35 bits per heavy atom. The van der Waals surface area contributed by atoms with Gasteiger partial charge in [-0.2, -0.15) is 0 Å². The normalized spacial score (nSPS) is 10.5. The summed E-state index contributed by atoms with van der Waals surface area (Å²) in [6.45, 7) is 12.5. The van der Waals surface area contributed by atoms with E-state index in [1.807, 2.05) is 34.6 Å². The van der Waals surface area contributed by atoms with Crippen molar-refractivity contribution in [1.29, 1.82) is 0 Å². The summed E-state index contributed by atoms with van der Waals surface area (Å²) in [7, 11) is 0. The molecule has 0 unspecified atom stereocenters. The van der Waals surface area contributed by atoms with Crippen molar-refractivity contribution in [3.63, 3.8) is 0 Å². The molecule has 1 aromatic rings. The number of benzene rings is 1. The molecule has 0 heterocycles. The van der Waals surface area contributed by atoms with Crippen molar-refractivity contribution in [3.8, 4) is 0 Å². The zero-order chi connectivity index (χ0) is 19.7. The van der Waals surface area contributed by atoms with Gasteiger partial charge in [0.05, 0.1) is 17.2 Å². The van der Waals surface area contributed by atoms with Gasteiger partial charge in [0, 0.05) is 6.61 Å². The lowest BCUT2D eigenvalue weighted by molar-refractivity contribution is -0.452. The van der Waals surface area contributed by atoms with Crippen LogP contribution in [0.4, 0.5) is 4.79 Å². The molecule has 0 saturated heterocycles. The van der Waals surface area contributed by atoms with Gasteiger partial charge < -0.3 is 9.47 Å². The van der Waals surface area contributed by atoms with Crippen LogP contribution in [-0.4, -0.2) is 31.9 Å². The van der Waals surface area contributed by atoms with Gasteiger partial charge in [-0.05, 0) is 68.9 Å². The van der Waals surface area contributed by atoms with E-state index in [2.05, 4.69) is 21.7 Å². The van der Waals surface area contributed by atoms with E-state index in [0.717, 1.165) is 40.7 Å². The Kier molecular flexibility index (Phi) is 9.09. The molecule has 0 aliphatic carbocycles. The average Bonchev–Trinajstić information content (AvgIpc) is 2.61. The first-order valence-electron chi connectivity index (χ1n) is 8.68. The highest BCUT2D eigenvalue weighted by Crippen LogP contribution is 2.26. The summed E-state index contributed by atoms with van der Waals surface area (Å²) in [6, 6.07) is 0. The van der Waals surface area contributed by atoms with Crippen molar-refractivity contribution < 1.29 is 33.9 Å². The molecule has 1 aromatic carbocycles. The summed E-state index contributed by atoms with van der Waals surface area (Å²) in [4.78, 5) is 32.4. The lowest BCUT2D eigenvalue weighted by Gasteiger charge is -2.16. The molecule has 0 radical (unpaired) electrons. The highest BCUT2D eigenvalue weighted by atomic mass is 17.5. The fraction of sp³-hybridized carbons (Fsp3) is 0.579. The van der Waals surface area contributed by atoms with Crippen molar-refractivity contribution in [2.75, 3.05) is 19.8 Å². The predicted molar refractivity (Wildman–Crippen MR) is 94.8 cm³/mol. The first-order valence-corrected chi connectivity index (χ1v) is 8.68. The maximum absolute atomic E-state index is 12.2. The summed E-state index contributed by atoms with van der Waals surface area (Å²) in [5.41, 5.74) is 5.12. The highest BCUT2D eigenvalue weighted by Gasteiger charge is 2.21. The second-order valence-corrected chi connectivity index (χ2v) is 6.09. The Bertz CT molecular complexity index is 608. The molecule has 0 aliphatic heterocycles. The Hall–Kier alpha value is -2.12. The first kappa shape index (κ1) is 21.9. The molecule has 0 amide bonds. The Morgan fingerprint density at radius 1 is 0.769 bits per heavy atom. The van der Waals surface area contributed by atoms with Crippen molar-refractivity contribution >= 4 is 12.1 Å². The summed E-state index contributed by atoms with van der Waals surface area (Å²) in [5.74, 6) is -0.734. The minimum atomic E-state index is -1.11. The van der Waals surface area contributed by atoms with Crippen molar-refractivity contribution in [2.24, 2.45) is 0 Å². The standard InChI is InChI=1S/C19H28O7/c1-7-8-9-22-10-11-23-19(21)25-26-24-18(20)17-15(5)13(3)12(2)14(4)16(17)6/h7-11H2,1-6H3.